The van der Waals surface area contributed by atoms with Crippen molar-refractivity contribution in [2.24, 2.45) is 0 Å². The molecule has 2 rings (SSSR count). The van der Waals surface area contributed by atoms with Crippen LogP contribution in [0.15, 0.2) is 21.1 Å². The van der Waals surface area contributed by atoms with Crippen LogP contribution in [-0.4, -0.2) is 19.4 Å². The van der Waals surface area contributed by atoms with Gasteiger partial charge in [0.15, 0.2) is 11.5 Å². The Morgan fingerprint density at radius 2 is 1.95 bits per heavy atom. The molecule has 0 fully saturated rings. The van der Waals surface area contributed by atoms with Crippen LogP contribution in [0, 0.1) is 18.3 Å². The van der Waals surface area contributed by atoms with Crippen molar-refractivity contribution in [2.45, 2.75) is 6.92 Å². The molecule has 0 aliphatic rings. The van der Waals surface area contributed by atoms with Crippen molar-refractivity contribution in [1.82, 2.24) is 5.16 Å². The van der Waals surface area contributed by atoms with E-state index < -0.39 is 0 Å². The van der Waals surface area contributed by atoms with Gasteiger partial charge in [0.05, 0.1) is 19.8 Å². The molecule has 2 aromatic rings. The number of rotatable bonds is 3. The number of methoxy groups -OCH3 is 2. The lowest BCUT2D eigenvalue weighted by Gasteiger charge is -2.11. The van der Waals surface area contributed by atoms with E-state index >= 15 is 0 Å². The summed E-state index contributed by atoms with van der Waals surface area (Å²) in [5.41, 5.74) is 1.81. The number of aryl methyl sites for hydroxylation is 1. The molecule has 0 saturated heterocycles. The standard InChI is InChI=1S/C13H11BrN2O3/c1-7-4-11(18-3)8(5-10(7)17-2)13-12(14)9(6-15)16-19-13/h4-5H,1-3H3. The van der Waals surface area contributed by atoms with Crippen molar-refractivity contribution in [1.29, 1.82) is 5.26 Å². The van der Waals surface area contributed by atoms with Gasteiger partial charge in [-0.1, -0.05) is 5.16 Å². The minimum absolute atomic E-state index is 0.191. The second-order valence-corrected chi connectivity index (χ2v) is 4.60. The van der Waals surface area contributed by atoms with Crippen LogP contribution in [0.4, 0.5) is 0 Å². The molecule has 0 radical (unpaired) electrons. The molecule has 1 aromatic heterocycles. The lowest BCUT2D eigenvalue weighted by molar-refractivity contribution is 0.395. The van der Waals surface area contributed by atoms with Gasteiger partial charge in [0, 0.05) is 0 Å². The Balaban J connectivity index is 2.66. The lowest BCUT2D eigenvalue weighted by Crippen LogP contribution is -1.93. The maximum Gasteiger partial charge on any atom is 0.198 e. The molecule has 1 heterocycles. The van der Waals surface area contributed by atoms with Crippen molar-refractivity contribution in [3.8, 4) is 28.9 Å². The summed E-state index contributed by atoms with van der Waals surface area (Å²) < 4.78 is 16.3. The highest BCUT2D eigenvalue weighted by Crippen LogP contribution is 2.40. The van der Waals surface area contributed by atoms with Crippen molar-refractivity contribution >= 4 is 15.9 Å². The molecule has 1 aromatic carbocycles. The van der Waals surface area contributed by atoms with Gasteiger partial charge in [-0.05, 0) is 40.5 Å². The summed E-state index contributed by atoms with van der Waals surface area (Å²) in [6.07, 6.45) is 0. The van der Waals surface area contributed by atoms with Gasteiger partial charge in [-0.25, -0.2) is 0 Å². The highest BCUT2D eigenvalue weighted by atomic mass is 79.9. The van der Waals surface area contributed by atoms with Crippen LogP contribution in [0.1, 0.15) is 11.3 Å². The van der Waals surface area contributed by atoms with E-state index in [0.29, 0.717) is 27.3 Å². The van der Waals surface area contributed by atoms with Crippen molar-refractivity contribution in [2.75, 3.05) is 14.2 Å². The molecule has 0 unspecified atom stereocenters. The third kappa shape index (κ3) is 2.29. The number of aromatic nitrogens is 1. The van der Waals surface area contributed by atoms with E-state index in [0.717, 1.165) is 5.56 Å². The van der Waals surface area contributed by atoms with E-state index in [1.165, 1.54) is 0 Å². The summed E-state index contributed by atoms with van der Waals surface area (Å²) in [5.74, 6) is 1.77. The van der Waals surface area contributed by atoms with E-state index in [1.54, 1.807) is 20.3 Å². The van der Waals surface area contributed by atoms with E-state index in [-0.39, 0.29) is 5.69 Å². The van der Waals surface area contributed by atoms with Crippen molar-refractivity contribution < 1.29 is 14.0 Å². The number of hydrogen-bond acceptors (Lipinski definition) is 5. The van der Waals surface area contributed by atoms with Gasteiger partial charge in [-0.2, -0.15) is 5.26 Å². The second-order valence-electron chi connectivity index (χ2n) is 3.81. The summed E-state index contributed by atoms with van der Waals surface area (Å²) in [4.78, 5) is 0. The first kappa shape index (κ1) is 13.4. The average Bonchev–Trinajstić information content (AvgIpc) is 2.79. The largest absolute Gasteiger partial charge is 0.496 e. The topological polar surface area (TPSA) is 68.3 Å². The van der Waals surface area contributed by atoms with Crippen LogP contribution in [0.2, 0.25) is 0 Å². The van der Waals surface area contributed by atoms with E-state index in [1.807, 2.05) is 19.1 Å². The molecule has 0 bridgehead atoms. The normalized spacial score (nSPS) is 10.1. The fourth-order valence-corrected chi connectivity index (χ4v) is 2.19. The molecule has 6 heteroatoms. The van der Waals surface area contributed by atoms with Gasteiger partial charge in [0.25, 0.3) is 0 Å². The molecule has 0 aliphatic carbocycles. The van der Waals surface area contributed by atoms with Gasteiger partial charge in [-0.3, -0.25) is 0 Å². The smallest absolute Gasteiger partial charge is 0.198 e. The van der Waals surface area contributed by atoms with E-state index in [9.17, 15) is 0 Å². The highest BCUT2D eigenvalue weighted by Gasteiger charge is 2.20. The predicted octanol–water partition coefficient (Wildman–Crippen LogP) is 3.30. The highest BCUT2D eigenvalue weighted by molar-refractivity contribution is 9.10. The molecule has 0 amide bonds. The molecule has 0 spiro atoms. The van der Waals surface area contributed by atoms with E-state index in [2.05, 4.69) is 21.1 Å². The third-order valence-corrected chi connectivity index (χ3v) is 3.44. The van der Waals surface area contributed by atoms with Crippen LogP contribution in [0.25, 0.3) is 11.3 Å². The summed E-state index contributed by atoms with van der Waals surface area (Å²) in [7, 11) is 3.16. The van der Waals surface area contributed by atoms with Gasteiger partial charge in [-0.15, -0.1) is 0 Å². The SMILES string of the molecule is COc1cc(-c2onc(C#N)c2Br)c(OC)cc1C. The molecule has 98 valence electrons. The van der Waals surface area contributed by atoms with Crippen LogP contribution >= 0.6 is 15.9 Å². The average molecular weight is 323 g/mol. The molecule has 0 saturated carbocycles. The number of nitriles is 1. The van der Waals surface area contributed by atoms with Crippen LogP contribution in [0.3, 0.4) is 0 Å². The summed E-state index contributed by atoms with van der Waals surface area (Å²) >= 11 is 3.30. The van der Waals surface area contributed by atoms with Crippen LogP contribution < -0.4 is 9.47 Å². The second kappa shape index (κ2) is 5.33. The van der Waals surface area contributed by atoms with Gasteiger partial charge in [0.1, 0.15) is 22.0 Å². The molecular weight excluding hydrogens is 312 g/mol. The molecule has 0 atom stereocenters. The Kier molecular flexibility index (Phi) is 3.76. The van der Waals surface area contributed by atoms with Crippen LogP contribution in [-0.2, 0) is 0 Å². The Morgan fingerprint density at radius 1 is 1.26 bits per heavy atom. The van der Waals surface area contributed by atoms with Crippen molar-refractivity contribution in [3.63, 3.8) is 0 Å². The zero-order valence-electron chi connectivity index (χ0n) is 10.7. The van der Waals surface area contributed by atoms with Gasteiger partial charge < -0.3 is 14.0 Å². The van der Waals surface area contributed by atoms with E-state index in [4.69, 9.17) is 19.3 Å². The zero-order valence-corrected chi connectivity index (χ0v) is 12.2. The fourth-order valence-electron chi connectivity index (χ4n) is 1.74. The van der Waals surface area contributed by atoms with Gasteiger partial charge >= 0.3 is 0 Å². The van der Waals surface area contributed by atoms with Crippen LogP contribution in [0.5, 0.6) is 11.5 Å². The number of hydrogen-bond donors (Lipinski definition) is 0. The van der Waals surface area contributed by atoms with Gasteiger partial charge in [0.2, 0.25) is 0 Å². The monoisotopic (exact) mass is 322 g/mol. The summed E-state index contributed by atoms with van der Waals surface area (Å²) in [5, 5.41) is 12.6. The number of nitrogens with zero attached hydrogens (tertiary/aromatic N) is 2. The first-order valence-corrected chi connectivity index (χ1v) is 6.20. The third-order valence-electron chi connectivity index (χ3n) is 2.70. The summed E-state index contributed by atoms with van der Waals surface area (Å²) in [6.45, 7) is 1.92. The van der Waals surface area contributed by atoms with Crippen molar-refractivity contribution in [3.05, 3.63) is 27.9 Å². The maximum atomic E-state index is 8.89. The minimum Gasteiger partial charge on any atom is -0.496 e. The fraction of sp³-hybridized carbons (Fsp3) is 0.231. The molecule has 0 aliphatic heterocycles. The zero-order chi connectivity index (χ0) is 14.0. The molecular formula is C13H11BrN2O3. The summed E-state index contributed by atoms with van der Waals surface area (Å²) in [6, 6.07) is 5.57. The Hall–Kier alpha value is -2.00. The first-order chi connectivity index (χ1) is 9.12. The minimum atomic E-state index is 0.191. The molecule has 19 heavy (non-hydrogen) atoms. The predicted molar refractivity (Wildman–Crippen MR) is 72.2 cm³/mol. The molecule has 0 N–H and O–H groups in total. The lowest BCUT2D eigenvalue weighted by atomic mass is 10.1. The molecule has 5 nitrogen and oxygen atoms in total. The Bertz CT molecular complexity index is 659. The Morgan fingerprint density at radius 3 is 2.47 bits per heavy atom. The quantitative estimate of drug-likeness (QED) is 0.867. The Labute approximate surface area is 118 Å². The number of benzene rings is 1. The number of ether oxygens (including phenoxy) is 2. The first-order valence-electron chi connectivity index (χ1n) is 5.40. The number of halogens is 1. The maximum absolute atomic E-state index is 8.89.